The summed E-state index contributed by atoms with van der Waals surface area (Å²) in [5.41, 5.74) is -4.08. The van der Waals surface area contributed by atoms with Crippen LogP contribution in [0, 0.1) is 35.1 Å². The van der Waals surface area contributed by atoms with E-state index < -0.39 is 76.3 Å². The summed E-state index contributed by atoms with van der Waals surface area (Å²) in [7, 11) is 0. The van der Waals surface area contributed by atoms with Crippen LogP contribution in [0.3, 0.4) is 0 Å². The van der Waals surface area contributed by atoms with Crippen molar-refractivity contribution in [1.29, 1.82) is 0 Å². The van der Waals surface area contributed by atoms with Crippen molar-refractivity contribution in [3.05, 3.63) is 172 Å². The first-order chi connectivity index (χ1) is 24.4. The van der Waals surface area contributed by atoms with Gasteiger partial charge in [-0.2, -0.15) is 13.2 Å². The number of amides is 3. The minimum atomic E-state index is -5.82. The van der Waals surface area contributed by atoms with Crippen molar-refractivity contribution < 1.29 is 45.1 Å². The SMILES string of the molecule is O=C(Nc1c(F)c(F)c(C(F)(F)F)c(F)c1F)C(CC#CC(c1ccccc1)(c1ccccc1)c1ccccc1)N1C(=O)c2ccccc2C1=O. The number of nitrogens with zero attached hydrogens (tertiary/aromatic N) is 1. The number of halogens is 7. The molecule has 0 saturated heterocycles. The Kier molecular flexibility index (Phi) is 9.23. The molecule has 0 aliphatic carbocycles. The Hall–Kier alpha value is -6.22. The fourth-order valence-electron chi connectivity index (χ4n) is 6.05. The van der Waals surface area contributed by atoms with Gasteiger partial charge in [-0.05, 0) is 28.8 Å². The molecule has 5 nitrogen and oxygen atoms in total. The van der Waals surface area contributed by atoms with Gasteiger partial charge in [0.15, 0.2) is 23.3 Å². The summed E-state index contributed by atoms with van der Waals surface area (Å²) >= 11 is 0. The van der Waals surface area contributed by atoms with Gasteiger partial charge in [-0.3, -0.25) is 19.3 Å². The van der Waals surface area contributed by atoms with Gasteiger partial charge in [0.05, 0.1) is 11.1 Å². The first kappa shape index (κ1) is 34.6. The molecule has 0 saturated carbocycles. The van der Waals surface area contributed by atoms with Crippen molar-refractivity contribution in [3.63, 3.8) is 0 Å². The maximum atomic E-state index is 14.9. The van der Waals surface area contributed by atoms with Crippen molar-refractivity contribution >= 4 is 23.4 Å². The third-order valence-corrected chi connectivity index (χ3v) is 8.43. The number of imide groups is 1. The standard InChI is InChI=1S/C39H23F7N2O3/c40-30-29(39(44,45)46)31(41)33(43)34(32(30)42)47-35(49)28(48-36(50)26-19-10-11-20-27(26)37(48)51)21-12-22-38(23-13-4-1-5-14-23,24-15-6-2-7-16-24)25-17-8-3-9-18-25/h1-11,13-20,28H,21H2,(H,47,49). The van der Waals surface area contributed by atoms with E-state index in [4.69, 9.17) is 0 Å². The second-order valence-corrected chi connectivity index (χ2v) is 11.4. The largest absolute Gasteiger partial charge is 0.422 e. The van der Waals surface area contributed by atoms with Gasteiger partial charge in [-0.1, -0.05) is 115 Å². The monoisotopic (exact) mass is 700 g/mol. The van der Waals surface area contributed by atoms with Crippen LogP contribution in [0.25, 0.3) is 0 Å². The van der Waals surface area contributed by atoms with Gasteiger partial charge in [0, 0.05) is 6.42 Å². The normalized spacial score (nSPS) is 13.4. The molecule has 1 unspecified atom stereocenters. The lowest BCUT2D eigenvalue weighted by atomic mass is 9.70. The number of nitrogens with one attached hydrogen (secondary N) is 1. The van der Waals surface area contributed by atoms with E-state index in [1.54, 1.807) is 59.9 Å². The summed E-state index contributed by atoms with van der Waals surface area (Å²) in [6.45, 7) is 0. The Bertz CT molecular complexity index is 2050. The number of hydrogen-bond acceptors (Lipinski definition) is 3. The highest BCUT2D eigenvalue weighted by Crippen LogP contribution is 2.40. The quantitative estimate of drug-likeness (QED) is 0.0611. The van der Waals surface area contributed by atoms with E-state index in [1.807, 2.05) is 36.4 Å². The zero-order valence-electron chi connectivity index (χ0n) is 26.1. The van der Waals surface area contributed by atoms with Crippen molar-refractivity contribution in [2.75, 3.05) is 5.32 Å². The Morgan fingerprint density at radius 2 is 1.02 bits per heavy atom. The smallest absolute Gasteiger partial charge is 0.319 e. The second kappa shape index (κ2) is 13.6. The van der Waals surface area contributed by atoms with E-state index >= 15 is 0 Å². The fourth-order valence-corrected chi connectivity index (χ4v) is 6.05. The highest BCUT2D eigenvalue weighted by Gasteiger charge is 2.45. The van der Waals surface area contributed by atoms with E-state index in [0.717, 1.165) is 0 Å². The third kappa shape index (κ3) is 6.12. The average molecular weight is 701 g/mol. The highest BCUT2D eigenvalue weighted by atomic mass is 19.4. The third-order valence-electron chi connectivity index (χ3n) is 8.43. The number of carbonyl (C=O) groups excluding carboxylic acids is 3. The van der Waals surface area contributed by atoms with Crippen LogP contribution in [0.1, 0.15) is 49.4 Å². The number of hydrogen-bond donors (Lipinski definition) is 1. The van der Waals surface area contributed by atoms with Crippen LogP contribution in [-0.4, -0.2) is 28.7 Å². The van der Waals surface area contributed by atoms with Crippen molar-refractivity contribution in [2.24, 2.45) is 0 Å². The maximum absolute atomic E-state index is 14.9. The number of alkyl halides is 3. The number of rotatable bonds is 7. The highest BCUT2D eigenvalue weighted by molar-refractivity contribution is 6.23. The van der Waals surface area contributed by atoms with Gasteiger partial charge in [-0.25, -0.2) is 17.6 Å². The Balaban J connectivity index is 1.49. The van der Waals surface area contributed by atoms with E-state index in [-0.39, 0.29) is 11.1 Å². The summed E-state index contributed by atoms with van der Waals surface area (Å²) in [6, 6.07) is 30.6. The molecule has 51 heavy (non-hydrogen) atoms. The number of anilines is 1. The van der Waals surface area contributed by atoms with Crippen molar-refractivity contribution in [1.82, 2.24) is 4.90 Å². The molecule has 1 N–H and O–H groups in total. The van der Waals surface area contributed by atoms with Gasteiger partial charge in [0.1, 0.15) is 22.7 Å². The van der Waals surface area contributed by atoms with Crippen LogP contribution in [0.2, 0.25) is 0 Å². The molecular formula is C39H23F7N2O3. The second-order valence-electron chi connectivity index (χ2n) is 11.4. The molecule has 1 aliphatic heterocycles. The molecule has 0 radical (unpaired) electrons. The predicted octanol–water partition coefficient (Wildman–Crippen LogP) is 8.29. The molecule has 6 rings (SSSR count). The van der Waals surface area contributed by atoms with Gasteiger partial charge in [0.25, 0.3) is 11.8 Å². The minimum Gasteiger partial charge on any atom is -0.319 e. The number of fused-ring (bicyclic) bond motifs is 1. The lowest BCUT2D eigenvalue weighted by Crippen LogP contribution is -2.47. The minimum absolute atomic E-state index is 0.107. The van der Waals surface area contributed by atoms with Crippen LogP contribution in [0.5, 0.6) is 0 Å². The molecule has 1 atom stereocenters. The van der Waals surface area contributed by atoms with E-state index in [9.17, 15) is 45.1 Å². The van der Waals surface area contributed by atoms with Crippen LogP contribution in [-0.2, 0) is 16.4 Å². The van der Waals surface area contributed by atoms with Gasteiger partial charge in [0.2, 0.25) is 5.91 Å². The van der Waals surface area contributed by atoms with E-state index in [0.29, 0.717) is 21.6 Å². The topological polar surface area (TPSA) is 66.5 Å². The molecule has 0 bridgehead atoms. The van der Waals surface area contributed by atoms with Crippen LogP contribution in [0.15, 0.2) is 115 Å². The molecule has 5 aromatic carbocycles. The molecule has 1 heterocycles. The number of carbonyl (C=O) groups is 3. The van der Waals surface area contributed by atoms with Crippen LogP contribution >= 0.6 is 0 Å². The summed E-state index contributed by atoms with van der Waals surface area (Å²) in [5.74, 6) is -8.13. The number of benzene rings is 5. The predicted molar refractivity (Wildman–Crippen MR) is 172 cm³/mol. The van der Waals surface area contributed by atoms with Crippen LogP contribution < -0.4 is 5.32 Å². The van der Waals surface area contributed by atoms with Crippen molar-refractivity contribution in [3.8, 4) is 11.8 Å². The summed E-state index contributed by atoms with van der Waals surface area (Å²) in [5, 5.41) is 1.58. The molecule has 256 valence electrons. The Morgan fingerprint density at radius 3 is 1.41 bits per heavy atom. The molecule has 5 aromatic rings. The summed E-state index contributed by atoms with van der Waals surface area (Å²) in [6.07, 6.45) is -6.50. The lowest BCUT2D eigenvalue weighted by Gasteiger charge is -2.31. The van der Waals surface area contributed by atoms with Gasteiger partial charge >= 0.3 is 6.18 Å². The molecule has 0 fully saturated rings. The first-order valence-electron chi connectivity index (χ1n) is 15.3. The molecule has 0 aromatic heterocycles. The van der Waals surface area contributed by atoms with Crippen LogP contribution in [0.4, 0.5) is 36.4 Å². The zero-order valence-corrected chi connectivity index (χ0v) is 26.1. The Morgan fingerprint density at radius 1 is 0.627 bits per heavy atom. The summed E-state index contributed by atoms with van der Waals surface area (Å²) < 4.78 is 98.4. The van der Waals surface area contributed by atoms with Gasteiger partial charge < -0.3 is 5.32 Å². The lowest BCUT2D eigenvalue weighted by molar-refractivity contribution is -0.143. The van der Waals surface area contributed by atoms with E-state index in [1.165, 1.54) is 24.3 Å². The molecule has 3 amide bonds. The fraction of sp³-hybridized carbons (Fsp3) is 0.103. The molecular weight excluding hydrogens is 677 g/mol. The molecule has 1 aliphatic rings. The van der Waals surface area contributed by atoms with E-state index in [2.05, 4.69) is 11.8 Å². The molecule has 0 spiro atoms. The summed E-state index contributed by atoms with van der Waals surface area (Å²) in [4.78, 5) is 41.3. The zero-order chi connectivity index (χ0) is 36.5. The van der Waals surface area contributed by atoms with Gasteiger partial charge in [-0.15, -0.1) is 0 Å². The molecule has 12 heteroatoms. The Labute approximate surface area is 286 Å². The average Bonchev–Trinajstić information content (AvgIpc) is 3.38. The van der Waals surface area contributed by atoms with Crippen molar-refractivity contribution in [2.45, 2.75) is 24.1 Å². The first-order valence-corrected chi connectivity index (χ1v) is 15.3. The maximum Gasteiger partial charge on any atom is 0.422 e.